The van der Waals surface area contributed by atoms with E-state index in [1.165, 1.54) is 0 Å². The SMILES string of the molecule is C=C/C=C\C(=C/C=C)OP(OC(/C=C\C=C)=C/C=C)C(C)C#CC. The monoisotopic (exact) mass is 340 g/mol. The first-order valence-corrected chi connectivity index (χ1v) is 8.68. The van der Waals surface area contributed by atoms with E-state index >= 15 is 0 Å². The van der Waals surface area contributed by atoms with Crippen molar-refractivity contribution in [1.82, 2.24) is 0 Å². The number of rotatable bonds is 11. The Hall–Kier alpha value is -2.49. The highest BCUT2D eigenvalue weighted by molar-refractivity contribution is 7.48. The van der Waals surface area contributed by atoms with Crippen molar-refractivity contribution in [3.8, 4) is 11.8 Å². The fourth-order valence-electron chi connectivity index (χ4n) is 1.44. The summed E-state index contributed by atoms with van der Waals surface area (Å²) in [6.45, 7) is 18.5. The van der Waals surface area contributed by atoms with Crippen molar-refractivity contribution < 1.29 is 9.05 Å². The Morgan fingerprint density at radius 1 is 0.875 bits per heavy atom. The van der Waals surface area contributed by atoms with Crippen LogP contribution in [0.4, 0.5) is 0 Å². The van der Waals surface area contributed by atoms with Gasteiger partial charge in [-0.2, -0.15) is 0 Å². The zero-order valence-corrected chi connectivity index (χ0v) is 15.3. The predicted molar refractivity (Wildman–Crippen MR) is 107 cm³/mol. The lowest BCUT2D eigenvalue weighted by Crippen LogP contribution is -2.02. The second-order valence-electron chi connectivity index (χ2n) is 4.34. The standard InChI is InChI=1S/C21H25O2P/c1-7-12-17-20(15-10-4)22-24(19(6)14-9-3)23-21(16-11-5)18-13-8-2/h7-8,10-13,15-19H,1-2,4-5H2,3,6H3/b17-12-,18-13-,20-15+,21-16+. The Labute approximate surface area is 147 Å². The molecule has 0 saturated heterocycles. The molecule has 3 heteroatoms. The Morgan fingerprint density at radius 2 is 1.33 bits per heavy atom. The highest BCUT2D eigenvalue weighted by atomic mass is 31.2. The van der Waals surface area contributed by atoms with Crippen LogP contribution in [-0.4, -0.2) is 5.66 Å². The molecule has 0 rings (SSSR count). The molecule has 0 bridgehead atoms. The van der Waals surface area contributed by atoms with Gasteiger partial charge in [-0.1, -0.05) is 68.7 Å². The highest BCUT2D eigenvalue weighted by Gasteiger charge is 2.22. The molecule has 0 aromatic rings. The van der Waals surface area contributed by atoms with Crippen molar-refractivity contribution in [1.29, 1.82) is 0 Å². The molecule has 0 aliphatic heterocycles. The van der Waals surface area contributed by atoms with Gasteiger partial charge in [0.2, 0.25) is 0 Å². The van der Waals surface area contributed by atoms with Crippen LogP contribution in [0.2, 0.25) is 0 Å². The lowest BCUT2D eigenvalue weighted by atomic mass is 10.4. The van der Waals surface area contributed by atoms with Crippen LogP contribution >= 0.6 is 8.38 Å². The molecule has 0 aromatic heterocycles. The average molecular weight is 340 g/mol. The molecule has 0 heterocycles. The third-order valence-corrected chi connectivity index (χ3v) is 3.96. The molecule has 0 aromatic carbocycles. The molecule has 0 saturated carbocycles. The summed E-state index contributed by atoms with van der Waals surface area (Å²) in [7, 11) is -1.34. The van der Waals surface area contributed by atoms with E-state index in [9.17, 15) is 0 Å². The van der Waals surface area contributed by atoms with Crippen molar-refractivity contribution in [3.05, 3.63) is 98.6 Å². The Bertz CT molecular complexity index is 567. The molecule has 1 unspecified atom stereocenters. The normalized spacial score (nSPS) is 14.4. The number of hydrogen-bond donors (Lipinski definition) is 0. The van der Waals surface area contributed by atoms with E-state index in [-0.39, 0.29) is 5.66 Å². The molecule has 0 amide bonds. The van der Waals surface area contributed by atoms with Gasteiger partial charge in [0, 0.05) is 0 Å². The van der Waals surface area contributed by atoms with Gasteiger partial charge < -0.3 is 9.05 Å². The average Bonchev–Trinajstić information content (AvgIpc) is 2.57. The molecule has 0 aliphatic carbocycles. The molecule has 0 aliphatic rings. The minimum Gasteiger partial charge on any atom is -0.438 e. The van der Waals surface area contributed by atoms with Crippen molar-refractivity contribution >= 4 is 8.38 Å². The van der Waals surface area contributed by atoms with Crippen LogP contribution in [0.25, 0.3) is 0 Å². The van der Waals surface area contributed by atoms with Gasteiger partial charge in [0.1, 0.15) is 17.2 Å². The van der Waals surface area contributed by atoms with E-state index in [1.807, 2.05) is 6.92 Å². The quantitative estimate of drug-likeness (QED) is 0.188. The molecule has 0 fully saturated rings. The second kappa shape index (κ2) is 14.1. The van der Waals surface area contributed by atoms with Crippen molar-refractivity contribution in [3.63, 3.8) is 0 Å². The van der Waals surface area contributed by atoms with Gasteiger partial charge in [0.15, 0.2) is 0 Å². The molecular weight excluding hydrogens is 315 g/mol. The molecule has 0 spiro atoms. The number of allylic oxidation sites excluding steroid dienone is 10. The summed E-state index contributed by atoms with van der Waals surface area (Å²) >= 11 is 0. The largest absolute Gasteiger partial charge is 0.438 e. The van der Waals surface area contributed by atoms with Crippen LogP contribution in [0.1, 0.15) is 13.8 Å². The molecule has 126 valence electrons. The summed E-state index contributed by atoms with van der Waals surface area (Å²) in [5.74, 6) is 7.25. The van der Waals surface area contributed by atoms with Crippen LogP contribution in [0.15, 0.2) is 98.6 Å². The topological polar surface area (TPSA) is 18.5 Å². The second-order valence-corrected chi connectivity index (χ2v) is 6.05. The van der Waals surface area contributed by atoms with Gasteiger partial charge in [-0.15, -0.1) is 5.92 Å². The lowest BCUT2D eigenvalue weighted by molar-refractivity contribution is 0.369. The van der Waals surface area contributed by atoms with Crippen LogP contribution in [0.3, 0.4) is 0 Å². The zero-order chi connectivity index (χ0) is 18.2. The number of hydrogen-bond acceptors (Lipinski definition) is 2. The van der Waals surface area contributed by atoms with Crippen LogP contribution in [0, 0.1) is 11.8 Å². The molecule has 0 N–H and O–H groups in total. The lowest BCUT2D eigenvalue weighted by Gasteiger charge is -2.22. The van der Waals surface area contributed by atoms with Gasteiger partial charge in [-0.25, -0.2) is 0 Å². The summed E-state index contributed by atoms with van der Waals surface area (Å²) in [6.07, 6.45) is 17.4. The maximum absolute atomic E-state index is 6.02. The summed E-state index contributed by atoms with van der Waals surface area (Å²) in [6, 6.07) is 0. The molecule has 24 heavy (non-hydrogen) atoms. The maximum atomic E-state index is 6.02. The molecular formula is C21H25O2P. The minimum absolute atomic E-state index is 0.0827. The Kier molecular flexibility index (Phi) is 12.7. The predicted octanol–water partition coefficient (Wildman–Crippen LogP) is 6.37. The highest BCUT2D eigenvalue weighted by Crippen LogP contribution is 2.48. The third kappa shape index (κ3) is 9.51. The Morgan fingerprint density at radius 3 is 1.67 bits per heavy atom. The third-order valence-electron chi connectivity index (χ3n) is 2.42. The van der Waals surface area contributed by atoms with E-state index in [1.54, 1.807) is 67.7 Å². The summed E-state index contributed by atoms with van der Waals surface area (Å²) < 4.78 is 12.0. The first-order chi connectivity index (χ1) is 11.6. The van der Waals surface area contributed by atoms with E-state index in [4.69, 9.17) is 9.05 Å². The smallest absolute Gasteiger partial charge is 0.306 e. The van der Waals surface area contributed by atoms with E-state index < -0.39 is 8.38 Å². The van der Waals surface area contributed by atoms with E-state index in [0.29, 0.717) is 11.5 Å². The fourth-order valence-corrected chi connectivity index (χ4v) is 2.68. The molecule has 0 radical (unpaired) electrons. The van der Waals surface area contributed by atoms with Gasteiger partial charge in [-0.05, 0) is 38.2 Å². The first kappa shape index (κ1) is 21.5. The fraction of sp³-hybridized carbons (Fsp3) is 0.143. The van der Waals surface area contributed by atoms with E-state index in [2.05, 4.69) is 38.2 Å². The molecule has 1 atom stereocenters. The van der Waals surface area contributed by atoms with Gasteiger partial charge in [0.05, 0.1) is 0 Å². The van der Waals surface area contributed by atoms with Gasteiger partial charge in [0.25, 0.3) is 0 Å². The van der Waals surface area contributed by atoms with Gasteiger partial charge in [-0.3, -0.25) is 0 Å². The van der Waals surface area contributed by atoms with Gasteiger partial charge >= 0.3 is 8.38 Å². The van der Waals surface area contributed by atoms with Crippen molar-refractivity contribution in [2.24, 2.45) is 0 Å². The summed E-state index contributed by atoms with van der Waals surface area (Å²) in [4.78, 5) is 0. The summed E-state index contributed by atoms with van der Waals surface area (Å²) in [5, 5.41) is 0. The zero-order valence-electron chi connectivity index (χ0n) is 14.4. The summed E-state index contributed by atoms with van der Waals surface area (Å²) in [5.41, 5.74) is -0.0827. The first-order valence-electron chi connectivity index (χ1n) is 7.44. The van der Waals surface area contributed by atoms with E-state index in [0.717, 1.165) is 0 Å². The van der Waals surface area contributed by atoms with Crippen LogP contribution in [0.5, 0.6) is 0 Å². The minimum atomic E-state index is -1.34. The molecule has 2 nitrogen and oxygen atoms in total. The van der Waals surface area contributed by atoms with Crippen molar-refractivity contribution in [2.45, 2.75) is 19.5 Å². The maximum Gasteiger partial charge on any atom is 0.306 e. The Balaban J connectivity index is 5.52. The van der Waals surface area contributed by atoms with Crippen LogP contribution < -0.4 is 0 Å². The van der Waals surface area contributed by atoms with Crippen molar-refractivity contribution in [2.75, 3.05) is 0 Å². The van der Waals surface area contributed by atoms with Crippen LogP contribution in [-0.2, 0) is 9.05 Å².